The normalized spacial score (nSPS) is 17.1. The lowest BCUT2D eigenvalue weighted by Crippen LogP contribution is -2.39. The first-order valence-corrected chi connectivity index (χ1v) is 9.47. The van der Waals surface area contributed by atoms with Crippen molar-refractivity contribution in [3.63, 3.8) is 0 Å². The van der Waals surface area contributed by atoms with Gasteiger partial charge < -0.3 is 16.4 Å². The molecule has 0 radical (unpaired) electrons. The van der Waals surface area contributed by atoms with Crippen LogP contribution in [0.25, 0.3) is 0 Å². The summed E-state index contributed by atoms with van der Waals surface area (Å²) in [6.45, 7) is 1.21. The van der Waals surface area contributed by atoms with E-state index in [0.717, 1.165) is 11.6 Å². The number of nitrogens with one attached hydrogen (secondary N) is 2. The van der Waals surface area contributed by atoms with Crippen molar-refractivity contribution in [3.05, 3.63) is 24.3 Å². The standard InChI is InChI=1S/C17H28N4S/c1-22-16-11-7-6-10-15(16)21-17(19-13-12-18)20-14-8-4-2-3-5-9-14/h6-7,10-11,14H,2-5,8-9,12-13,18H2,1H3,(H2,19,20,21). The Kier molecular flexibility index (Phi) is 7.60. The summed E-state index contributed by atoms with van der Waals surface area (Å²) in [5, 5.41) is 7.07. The molecule has 122 valence electrons. The molecule has 4 nitrogen and oxygen atoms in total. The first-order chi connectivity index (χ1) is 10.8. The number of rotatable bonds is 5. The Bertz CT molecular complexity index is 467. The van der Waals surface area contributed by atoms with E-state index in [-0.39, 0.29) is 0 Å². The van der Waals surface area contributed by atoms with E-state index in [9.17, 15) is 0 Å². The van der Waals surface area contributed by atoms with Crippen molar-refractivity contribution in [2.24, 2.45) is 10.7 Å². The SMILES string of the molecule is CSc1ccccc1NC(=NCCN)NC1CCCCCC1. The van der Waals surface area contributed by atoms with Crippen molar-refractivity contribution in [2.75, 3.05) is 24.7 Å². The quantitative estimate of drug-likeness (QED) is 0.336. The molecular formula is C17H28N4S. The summed E-state index contributed by atoms with van der Waals surface area (Å²) in [5.74, 6) is 0.860. The fourth-order valence-corrected chi connectivity index (χ4v) is 3.34. The van der Waals surface area contributed by atoms with Crippen LogP contribution in [0.1, 0.15) is 38.5 Å². The Morgan fingerprint density at radius 3 is 2.64 bits per heavy atom. The Hall–Kier alpha value is -1.20. The number of thioether (sulfide) groups is 1. The molecule has 1 aliphatic carbocycles. The van der Waals surface area contributed by atoms with Gasteiger partial charge in [0.1, 0.15) is 0 Å². The molecule has 4 N–H and O–H groups in total. The zero-order valence-corrected chi connectivity index (χ0v) is 14.3. The van der Waals surface area contributed by atoms with Crippen LogP contribution in [0.15, 0.2) is 34.2 Å². The fraction of sp³-hybridized carbons (Fsp3) is 0.588. The van der Waals surface area contributed by atoms with Crippen molar-refractivity contribution in [1.29, 1.82) is 0 Å². The number of nitrogens with zero attached hydrogens (tertiary/aromatic N) is 1. The van der Waals surface area contributed by atoms with Crippen LogP contribution in [0.3, 0.4) is 0 Å². The number of hydrogen-bond acceptors (Lipinski definition) is 3. The molecule has 0 bridgehead atoms. The van der Waals surface area contributed by atoms with Gasteiger partial charge in [-0.2, -0.15) is 0 Å². The third kappa shape index (κ3) is 5.54. The van der Waals surface area contributed by atoms with Crippen LogP contribution in [0, 0.1) is 0 Å². The Labute approximate surface area is 138 Å². The van der Waals surface area contributed by atoms with Crippen molar-refractivity contribution in [1.82, 2.24) is 5.32 Å². The average molecular weight is 321 g/mol. The minimum atomic E-state index is 0.521. The van der Waals surface area contributed by atoms with Gasteiger partial charge >= 0.3 is 0 Å². The molecule has 1 aromatic carbocycles. The first kappa shape index (κ1) is 17.2. The van der Waals surface area contributed by atoms with E-state index in [1.54, 1.807) is 11.8 Å². The third-order valence-electron chi connectivity index (χ3n) is 3.96. The zero-order valence-electron chi connectivity index (χ0n) is 13.5. The molecule has 0 saturated heterocycles. The minimum absolute atomic E-state index is 0.521. The van der Waals surface area contributed by atoms with Gasteiger partial charge in [0.05, 0.1) is 12.2 Å². The lowest BCUT2D eigenvalue weighted by molar-refractivity contribution is 0.531. The first-order valence-electron chi connectivity index (χ1n) is 8.24. The van der Waals surface area contributed by atoms with Crippen LogP contribution in [0.5, 0.6) is 0 Å². The number of aliphatic imine (C=N–C) groups is 1. The van der Waals surface area contributed by atoms with E-state index >= 15 is 0 Å². The van der Waals surface area contributed by atoms with Crippen LogP contribution in [-0.4, -0.2) is 31.3 Å². The van der Waals surface area contributed by atoms with Gasteiger partial charge in [-0.15, -0.1) is 11.8 Å². The molecule has 0 spiro atoms. The highest BCUT2D eigenvalue weighted by molar-refractivity contribution is 7.98. The molecule has 2 rings (SSSR count). The van der Waals surface area contributed by atoms with Gasteiger partial charge in [-0.1, -0.05) is 37.8 Å². The van der Waals surface area contributed by atoms with Crippen molar-refractivity contribution < 1.29 is 0 Å². The number of para-hydroxylation sites is 1. The summed E-state index contributed by atoms with van der Waals surface area (Å²) in [4.78, 5) is 5.83. The van der Waals surface area contributed by atoms with E-state index in [2.05, 4.69) is 40.1 Å². The highest BCUT2D eigenvalue weighted by atomic mass is 32.2. The third-order valence-corrected chi connectivity index (χ3v) is 4.75. The van der Waals surface area contributed by atoms with Gasteiger partial charge in [0.2, 0.25) is 0 Å². The maximum absolute atomic E-state index is 5.62. The molecule has 0 aromatic heterocycles. The van der Waals surface area contributed by atoms with Crippen molar-refractivity contribution >= 4 is 23.4 Å². The summed E-state index contributed by atoms with van der Waals surface area (Å²) in [7, 11) is 0. The predicted molar refractivity (Wildman–Crippen MR) is 97.8 cm³/mol. The van der Waals surface area contributed by atoms with Crippen LogP contribution in [0.4, 0.5) is 5.69 Å². The molecule has 5 heteroatoms. The fourth-order valence-electron chi connectivity index (χ4n) is 2.79. The van der Waals surface area contributed by atoms with E-state index in [4.69, 9.17) is 5.73 Å². The molecule has 1 aromatic rings. The topological polar surface area (TPSA) is 62.4 Å². The van der Waals surface area contributed by atoms with Crippen LogP contribution < -0.4 is 16.4 Å². The van der Waals surface area contributed by atoms with Gasteiger partial charge in [-0.25, -0.2) is 0 Å². The van der Waals surface area contributed by atoms with Crippen LogP contribution in [-0.2, 0) is 0 Å². The zero-order chi connectivity index (χ0) is 15.6. The lowest BCUT2D eigenvalue weighted by atomic mass is 10.1. The highest BCUT2D eigenvalue weighted by Crippen LogP contribution is 2.24. The maximum atomic E-state index is 5.62. The molecule has 1 fully saturated rings. The van der Waals surface area contributed by atoms with Crippen LogP contribution >= 0.6 is 11.8 Å². The Balaban J connectivity index is 2.05. The van der Waals surface area contributed by atoms with E-state index in [0.29, 0.717) is 19.1 Å². The van der Waals surface area contributed by atoms with Gasteiger partial charge in [0.25, 0.3) is 0 Å². The van der Waals surface area contributed by atoms with Crippen LogP contribution in [0.2, 0.25) is 0 Å². The number of nitrogens with two attached hydrogens (primary N) is 1. The second-order valence-corrected chi connectivity index (χ2v) is 6.53. The highest BCUT2D eigenvalue weighted by Gasteiger charge is 2.14. The Morgan fingerprint density at radius 1 is 1.23 bits per heavy atom. The molecule has 0 heterocycles. The molecule has 1 saturated carbocycles. The smallest absolute Gasteiger partial charge is 0.196 e. The predicted octanol–water partition coefficient (Wildman–Crippen LogP) is 3.45. The van der Waals surface area contributed by atoms with Gasteiger partial charge in [-0.3, -0.25) is 4.99 Å². The molecule has 0 aliphatic heterocycles. The summed E-state index contributed by atoms with van der Waals surface area (Å²) >= 11 is 1.74. The number of benzene rings is 1. The average Bonchev–Trinajstić information content (AvgIpc) is 2.81. The summed E-state index contributed by atoms with van der Waals surface area (Å²) < 4.78 is 0. The van der Waals surface area contributed by atoms with Gasteiger partial charge in [0.15, 0.2) is 5.96 Å². The van der Waals surface area contributed by atoms with E-state index in [1.807, 2.05) is 6.07 Å². The van der Waals surface area contributed by atoms with E-state index in [1.165, 1.54) is 43.4 Å². The molecular weight excluding hydrogens is 292 g/mol. The molecule has 22 heavy (non-hydrogen) atoms. The number of guanidine groups is 1. The van der Waals surface area contributed by atoms with Gasteiger partial charge in [0, 0.05) is 17.5 Å². The second-order valence-electron chi connectivity index (χ2n) is 5.68. The molecule has 0 atom stereocenters. The monoisotopic (exact) mass is 320 g/mol. The van der Waals surface area contributed by atoms with Gasteiger partial charge in [-0.05, 0) is 31.2 Å². The van der Waals surface area contributed by atoms with Crippen molar-refractivity contribution in [2.45, 2.75) is 49.5 Å². The molecule has 0 amide bonds. The van der Waals surface area contributed by atoms with E-state index < -0.39 is 0 Å². The minimum Gasteiger partial charge on any atom is -0.353 e. The molecule has 0 unspecified atom stereocenters. The maximum Gasteiger partial charge on any atom is 0.196 e. The summed E-state index contributed by atoms with van der Waals surface area (Å²) in [5.41, 5.74) is 6.72. The number of hydrogen-bond donors (Lipinski definition) is 3. The Morgan fingerprint density at radius 2 is 1.95 bits per heavy atom. The second kappa shape index (κ2) is 9.74. The summed E-state index contributed by atoms with van der Waals surface area (Å²) in [6, 6.07) is 8.85. The largest absolute Gasteiger partial charge is 0.353 e. The number of anilines is 1. The molecule has 1 aliphatic rings. The lowest BCUT2D eigenvalue weighted by Gasteiger charge is -2.21. The van der Waals surface area contributed by atoms with Crippen molar-refractivity contribution in [3.8, 4) is 0 Å². The summed E-state index contributed by atoms with van der Waals surface area (Å²) in [6.07, 6.45) is 9.88.